The molecule has 0 atom stereocenters. The first-order valence-electron chi connectivity index (χ1n) is 10.5. The zero-order chi connectivity index (χ0) is 23.5. The summed E-state index contributed by atoms with van der Waals surface area (Å²) in [7, 11) is 0. The van der Waals surface area contributed by atoms with Gasteiger partial charge in [-0.15, -0.1) is 0 Å². The van der Waals surface area contributed by atoms with E-state index in [1.54, 1.807) is 48.5 Å². The van der Waals surface area contributed by atoms with Crippen molar-refractivity contribution in [3.63, 3.8) is 0 Å². The Bertz CT molecular complexity index is 1090. The van der Waals surface area contributed by atoms with E-state index in [0.29, 0.717) is 42.3 Å². The molecule has 3 rings (SSSR count). The van der Waals surface area contributed by atoms with Crippen molar-refractivity contribution >= 4 is 34.8 Å². The minimum Gasteiger partial charge on any atom is -0.490 e. The van der Waals surface area contributed by atoms with Crippen molar-refractivity contribution in [2.45, 2.75) is 6.92 Å². The molecular formula is C25H25N3O4S. The van der Waals surface area contributed by atoms with E-state index in [2.05, 4.69) is 16.0 Å². The molecule has 0 aliphatic heterocycles. The predicted molar refractivity (Wildman–Crippen MR) is 132 cm³/mol. The summed E-state index contributed by atoms with van der Waals surface area (Å²) in [5.41, 5.74) is 1.61. The van der Waals surface area contributed by atoms with E-state index in [-0.39, 0.29) is 16.9 Å². The van der Waals surface area contributed by atoms with E-state index >= 15 is 0 Å². The molecule has 0 aliphatic carbocycles. The average Bonchev–Trinajstić information content (AvgIpc) is 2.83. The first-order valence-corrected chi connectivity index (χ1v) is 10.9. The fourth-order valence-corrected chi connectivity index (χ4v) is 3.08. The van der Waals surface area contributed by atoms with Gasteiger partial charge in [0.25, 0.3) is 11.8 Å². The van der Waals surface area contributed by atoms with Gasteiger partial charge in [0.05, 0.1) is 0 Å². The number of anilines is 1. The third-order valence-corrected chi connectivity index (χ3v) is 4.63. The van der Waals surface area contributed by atoms with Crippen LogP contribution in [0.2, 0.25) is 0 Å². The molecule has 7 nitrogen and oxygen atoms in total. The predicted octanol–water partition coefficient (Wildman–Crippen LogP) is 4.02. The lowest BCUT2D eigenvalue weighted by molar-refractivity contribution is 0.0953. The van der Waals surface area contributed by atoms with E-state index in [9.17, 15) is 9.59 Å². The van der Waals surface area contributed by atoms with Crippen molar-refractivity contribution in [1.82, 2.24) is 10.6 Å². The number of ether oxygens (including phenoxy) is 2. The van der Waals surface area contributed by atoms with E-state index in [1.807, 2.05) is 37.3 Å². The Morgan fingerprint density at radius 2 is 1.45 bits per heavy atom. The van der Waals surface area contributed by atoms with Crippen LogP contribution in [-0.4, -0.2) is 36.7 Å². The summed E-state index contributed by atoms with van der Waals surface area (Å²) in [5, 5.41) is 8.45. The summed E-state index contributed by atoms with van der Waals surface area (Å²) in [5.74, 6) is 0.819. The van der Waals surface area contributed by atoms with Gasteiger partial charge in [-0.05, 0) is 73.7 Å². The molecule has 0 fully saturated rings. The van der Waals surface area contributed by atoms with Crippen LogP contribution in [0.25, 0.3) is 0 Å². The molecule has 0 heterocycles. The molecule has 3 aromatic rings. The lowest BCUT2D eigenvalue weighted by atomic mass is 10.2. The van der Waals surface area contributed by atoms with Gasteiger partial charge in [-0.3, -0.25) is 14.9 Å². The fraction of sp³-hybridized carbons (Fsp3) is 0.160. The molecule has 0 spiro atoms. The highest BCUT2D eigenvalue weighted by Crippen LogP contribution is 2.14. The fourth-order valence-electron chi connectivity index (χ4n) is 2.87. The molecule has 0 aliphatic rings. The number of para-hydroxylation sites is 1. The first-order chi connectivity index (χ1) is 16.0. The van der Waals surface area contributed by atoms with Crippen LogP contribution in [0, 0.1) is 0 Å². The van der Waals surface area contributed by atoms with Crippen LogP contribution in [0.15, 0.2) is 78.9 Å². The molecule has 8 heteroatoms. The molecule has 0 saturated heterocycles. The van der Waals surface area contributed by atoms with Crippen LogP contribution in [0.5, 0.6) is 11.5 Å². The van der Waals surface area contributed by atoms with Gasteiger partial charge in [0.1, 0.15) is 24.7 Å². The summed E-state index contributed by atoms with van der Waals surface area (Å²) >= 11 is 5.23. The zero-order valence-corrected chi connectivity index (χ0v) is 19.0. The lowest BCUT2D eigenvalue weighted by Crippen LogP contribution is -2.34. The maximum atomic E-state index is 12.6. The van der Waals surface area contributed by atoms with Crippen LogP contribution in [0.1, 0.15) is 27.6 Å². The van der Waals surface area contributed by atoms with Crippen molar-refractivity contribution < 1.29 is 19.1 Å². The SMILES string of the molecule is CCNC(=O)c1ccc(NC(=S)NC(=O)c2cccc(OCCOc3ccccc3)c2)cc1. The Balaban J connectivity index is 1.47. The standard InChI is InChI=1S/C25H25N3O4S/c1-2-26-23(29)18-11-13-20(14-12-18)27-25(33)28-24(30)19-7-6-10-22(17-19)32-16-15-31-21-8-4-3-5-9-21/h3-14,17H,2,15-16H2,1H3,(H,26,29)(H2,27,28,30,33). The Kier molecular flexibility index (Phi) is 8.79. The van der Waals surface area contributed by atoms with E-state index in [1.165, 1.54) is 0 Å². The average molecular weight is 464 g/mol. The van der Waals surface area contributed by atoms with Crippen LogP contribution in [-0.2, 0) is 0 Å². The number of carbonyl (C=O) groups is 2. The van der Waals surface area contributed by atoms with Gasteiger partial charge in [-0.2, -0.15) is 0 Å². The quantitative estimate of drug-likeness (QED) is 0.328. The molecule has 2 amide bonds. The van der Waals surface area contributed by atoms with E-state index < -0.39 is 0 Å². The van der Waals surface area contributed by atoms with Gasteiger partial charge < -0.3 is 20.1 Å². The summed E-state index contributed by atoms with van der Waals surface area (Å²) in [6.45, 7) is 3.14. The smallest absolute Gasteiger partial charge is 0.257 e. The van der Waals surface area contributed by atoms with Crippen molar-refractivity contribution in [2.24, 2.45) is 0 Å². The summed E-state index contributed by atoms with van der Waals surface area (Å²) < 4.78 is 11.3. The zero-order valence-electron chi connectivity index (χ0n) is 18.2. The van der Waals surface area contributed by atoms with Crippen LogP contribution in [0.4, 0.5) is 5.69 Å². The van der Waals surface area contributed by atoms with Crippen molar-refractivity contribution in [3.05, 3.63) is 90.0 Å². The molecule has 0 unspecified atom stereocenters. The first kappa shape index (κ1) is 23.7. The molecule has 170 valence electrons. The molecule has 0 aromatic heterocycles. The molecule has 33 heavy (non-hydrogen) atoms. The Morgan fingerprint density at radius 3 is 2.15 bits per heavy atom. The van der Waals surface area contributed by atoms with E-state index in [0.717, 1.165) is 5.75 Å². The molecule has 3 aromatic carbocycles. The number of hydrogen-bond acceptors (Lipinski definition) is 5. The number of amides is 2. The third kappa shape index (κ3) is 7.62. The highest BCUT2D eigenvalue weighted by atomic mass is 32.1. The summed E-state index contributed by atoms with van der Waals surface area (Å²) in [6, 6.07) is 23.1. The Morgan fingerprint density at radius 1 is 0.788 bits per heavy atom. The van der Waals surface area contributed by atoms with Crippen LogP contribution in [0.3, 0.4) is 0 Å². The monoisotopic (exact) mass is 463 g/mol. The van der Waals surface area contributed by atoms with Gasteiger partial charge in [-0.1, -0.05) is 24.3 Å². The third-order valence-electron chi connectivity index (χ3n) is 4.43. The van der Waals surface area contributed by atoms with E-state index in [4.69, 9.17) is 21.7 Å². The normalized spacial score (nSPS) is 10.1. The Hall–Kier alpha value is -3.91. The molecular weight excluding hydrogens is 438 g/mol. The number of thiocarbonyl (C=S) groups is 1. The number of rotatable bonds is 9. The summed E-state index contributed by atoms with van der Waals surface area (Å²) in [6.07, 6.45) is 0. The van der Waals surface area contributed by atoms with Crippen molar-refractivity contribution in [2.75, 3.05) is 25.1 Å². The van der Waals surface area contributed by atoms with Crippen molar-refractivity contribution in [3.8, 4) is 11.5 Å². The second kappa shape index (κ2) is 12.2. The maximum Gasteiger partial charge on any atom is 0.257 e. The number of carbonyl (C=O) groups excluding carboxylic acids is 2. The second-order valence-electron chi connectivity index (χ2n) is 6.88. The minimum atomic E-state index is -0.363. The number of hydrogen-bond donors (Lipinski definition) is 3. The number of nitrogens with one attached hydrogen (secondary N) is 3. The van der Waals surface area contributed by atoms with Crippen molar-refractivity contribution in [1.29, 1.82) is 0 Å². The Labute approximate surface area is 198 Å². The number of benzene rings is 3. The van der Waals surface area contributed by atoms with Gasteiger partial charge in [0.15, 0.2) is 5.11 Å². The highest BCUT2D eigenvalue weighted by molar-refractivity contribution is 7.80. The molecule has 0 bridgehead atoms. The molecule has 3 N–H and O–H groups in total. The highest BCUT2D eigenvalue weighted by Gasteiger charge is 2.10. The second-order valence-corrected chi connectivity index (χ2v) is 7.29. The molecule has 0 radical (unpaired) electrons. The van der Waals surface area contributed by atoms with Crippen LogP contribution < -0.4 is 25.4 Å². The lowest BCUT2D eigenvalue weighted by Gasteiger charge is -2.11. The largest absolute Gasteiger partial charge is 0.490 e. The maximum absolute atomic E-state index is 12.6. The summed E-state index contributed by atoms with van der Waals surface area (Å²) in [4.78, 5) is 24.4. The minimum absolute atomic E-state index is 0.145. The van der Waals surface area contributed by atoms with Gasteiger partial charge in [0.2, 0.25) is 0 Å². The molecule has 0 saturated carbocycles. The topological polar surface area (TPSA) is 88.7 Å². The van der Waals surface area contributed by atoms with Gasteiger partial charge in [0, 0.05) is 23.4 Å². The van der Waals surface area contributed by atoms with Crippen LogP contribution >= 0.6 is 12.2 Å². The van der Waals surface area contributed by atoms with Gasteiger partial charge in [-0.25, -0.2) is 0 Å². The van der Waals surface area contributed by atoms with Gasteiger partial charge >= 0.3 is 0 Å².